The Morgan fingerprint density at radius 2 is 1.89 bits per heavy atom. The third-order valence-corrected chi connectivity index (χ3v) is 3.14. The summed E-state index contributed by atoms with van der Waals surface area (Å²) >= 11 is 12.1. The summed E-state index contributed by atoms with van der Waals surface area (Å²) in [6, 6.07) is 12.9. The number of para-hydroxylation sites is 1. The van der Waals surface area contributed by atoms with Crippen LogP contribution in [0.4, 0.5) is 0 Å². The molecule has 0 saturated carbocycles. The van der Waals surface area contributed by atoms with E-state index >= 15 is 0 Å². The Bertz CT molecular complexity index is 570. The summed E-state index contributed by atoms with van der Waals surface area (Å²) in [7, 11) is 0. The molecule has 1 atom stereocenters. The topological polar surface area (TPSA) is 35.2 Å². The van der Waals surface area contributed by atoms with Crippen molar-refractivity contribution in [2.75, 3.05) is 0 Å². The highest BCUT2D eigenvalue weighted by Crippen LogP contribution is 2.34. The molecule has 2 nitrogen and oxygen atoms in total. The standard InChI is InChI=1S/C15H15Cl2NO/c1-10(18)8-11-4-2-7-14(17)15(11)19-13-6-3-5-12(16)9-13/h2-7,9-10H,8,18H2,1H3. The summed E-state index contributed by atoms with van der Waals surface area (Å²) in [5, 5.41) is 1.19. The molecule has 0 heterocycles. The minimum absolute atomic E-state index is 0.0418. The van der Waals surface area contributed by atoms with Crippen LogP contribution in [0.25, 0.3) is 0 Å². The van der Waals surface area contributed by atoms with Crippen molar-refractivity contribution in [3.63, 3.8) is 0 Å². The first-order chi connectivity index (χ1) is 9.06. The molecule has 0 amide bonds. The van der Waals surface area contributed by atoms with E-state index < -0.39 is 0 Å². The molecule has 2 rings (SSSR count). The average molecular weight is 296 g/mol. The van der Waals surface area contributed by atoms with Crippen LogP contribution in [0, 0.1) is 0 Å². The van der Waals surface area contributed by atoms with Crippen LogP contribution >= 0.6 is 23.2 Å². The number of ether oxygens (including phenoxy) is 1. The van der Waals surface area contributed by atoms with Gasteiger partial charge in [-0.25, -0.2) is 0 Å². The van der Waals surface area contributed by atoms with Gasteiger partial charge in [0, 0.05) is 11.1 Å². The van der Waals surface area contributed by atoms with E-state index in [2.05, 4.69) is 0 Å². The zero-order chi connectivity index (χ0) is 13.8. The van der Waals surface area contributed by atoms with E-state index in [1.54, 1.807) is 18.2 Å². The Hall–Kier alpha value is -1.22. The number of halogens is 2. The van der Waals surface area contributed by atoms with Gasteiger partial charge in [0.05, 0.1) is 5.02 Å². The predicted molar refractivity (Wildman–Crippen MR) is 80.3 cm³/mol. The molecule has 4 heteroatoms. The Kier molecular flexibility index (Phi) is 4.70. The minimum atomic E-state index is 0.0418. The SMILES string of the molecule is CC(N)Cc1cccc(Cl)c1Oc1cccc(Cl)c1. The third-order valence-electron chi connectivity index (χ3n) is 2.61. The van der Waals surface area contributed by atoms with Crippen molar-refractivity contribution in [2.45, 2.75) is 19.4 Å². The number of nitrogens with two attached hydrogens (primary N) is 1. The van der Waals surface area contributed by atoms with Crippen LogP contribution in [0.1, 0.15) is 12.5 Å². The number of hydrogen-bond acceptors (Lipinski definition) is 2. The molecule has 0 saturated heterocycles. The fraction of sp³-hybridized carbons (Fsp3) is 0.200. The minimum Gasteiger partial charge on any atom is -0.455 e. The van der Waals surface area contributed by atoms with Crippen LogP contribution in [0.3, 0.4) is 0 Å². The molecular weight excluding hydrogens is 281 g/mol. The first-order valence-electron chi connectivity index (χ1n) is 6.02. The maximum atomic E-state index is 6.20. The Morgan fingerprint density at radius 3 is 2.58 bits per heavy atom. The van der Waals surface area contributed by atoms with Gasteiger partial charge in [0.15, 0.2) is 0 Å². The molecular formula is C15H15Cl2NO. The van der Waals surface area contributed by atoms with E-state index in [0.29, 0.717) is 28.0 Å². The molecule has 0 radical (unpaired) electrons. The quantitative estimate of drug-likeness (QED) is 0.889. The fourth-order valence-corrected chi connectivity index (χ4v) is 2.24. The van der Waals surface area contributed by atoms with Gasteiger partial charge in [0.1, 0.15) is 11.5 Å². The van der Waals surface area contributed by atoms with Gasteiger partial charge in [-0.05, 0) is 43.2 Å². The van der Waals surface area contributed by atoms with Crippen molar-refractivity contribution in [3.05, 3.63) is 58.1 Å². The van der Waals surface area contributed by atoms with Crippen LogP contribution in [0.5, 0.6) is 11.5 Å². The summed E-state index contributed by atoms with van der Waals surface area (Å²) in [6.07, 6.45) is 0.705. The highest BCUT2D eigenvalue weighted by Gasteiger charge is 2.11. The molecule has 0 spiro atoms. The zero-order valence-corrected chi connectivity index (χ0v) is 12.1. The average Bonchev–Trinajstić information content (AvgIpc) is 2.33. The Morgan fingerprint density at radius 1 is 1.16 bits per heavy atom. The van der Waals surface area contributed by atoms with E-state index in [1.807, 2.05) is 31.2 Å². The first-order valence-corrected chi connectivity index (χ1v) is 6.78. The molecule has 100 valence electrons. The molecule has 2 aromatic rings. The molecule has 0 aliphatic carbocycles. The summed E-state index contributed by atoms with van der Waals surface area (Å²) in [6.45, 7) is 1.95. The molecule has 2 aromatic carbocycles. The number of hydrogen-bond donors (Lipinski definition) is 1. The van der Waals surface area contributed by atoms with Gasteiger partial charge in [0.25, 0.3) is 0 Å². The van der Waals surface area contributed by atoms with Crippen molar-refractivity contribution in [1.82, 2.24) is 0 Å². The number of rotatable bonds is 4. The van der Waals surface area contributed by atoms with Crippen molar-refractivity contribution in [2.24, 2.45) is 5.73 Å². The summed E-state index contributed by atoms with van der Waals surface area (Å²) < 4.78 is 5.85. The molecule has 0 fully saturated rings. The molecule has 2 N–H and O–H groups in total. The maximum absolute atomic E-state index is 6.20. The van der Waals surface area contributed by atoms with Crippen LogP contribution in [-0.2, 0) is 6.42 Å². The van der Waals surface area contributed by atoms with Gasteiger partial charge in [-0.2, -0.15) is 0 Å². The molecule has 1 unspecified atom stereocenters. The first kappa shape index (κ1) is 14.2. The van der Waals surface area contributed by atoms with Crippen molar-refractivity contribution in [3.8, 4) is 11.5 Å². The van der Waals surface area contributed by atoms with Crippen molar-refractivity contribution >= 4 is 23.2 Å². The highest BCUT2D eigenvalue weighted by molar-refractivity contribution is 6.32. The van der Waals surface area contributed by atoms with E-state index in [9.17, 15) is 0 Å². The zero-order valence-electron chi connectivity index (χ0n) is 10.6. The maximum Gasteiger partial charge on any atom is 0.149 e. The van der Waals surface area contributed by atoms with Gasteiger partial charge in [-0.1, -0.05) is 41.4 Å². The third kappa shape index (κ3) is 3.87. The molecule has 19 heavy (non-hydrogen) atoms. The number of benzene rings is 2. The summed E-state index contributed by atoms with van der Waals surface area (Å²) in [5.41, 5.74) is 6.83. The van der Waals surface area contributed by atoms with E-state index in [1.165, 1.54) is 0 Å². The highest BCUT2D eigenvalue weighted by atomic mass is 35.5. The van der Waals surface area contributed by atoms with Crippen molar-refractivity contribution < 1.29 is 4.74 Å². The van der Waals surface area contributed by atoms with Gasteiger partial charge < -0.3 is 10.5 Å². The van der Waals surface area contributed by atoms with Gasteiger partial charge in [0.2, 0.25) is 0 Å². The second-order valence-electron chi connectivity index (χ2n) is 4.47. The van der Waals surface area contributed by atoms with Gasteiger partial charge >= 0.3 is 0 Å². The summed E-state index contributed by atoms with van der Waals surface area (Å²) in [4.78, 5) is 0. The normalized spacial score (nSPS) is 12.2. The Balaban J connectivity index is 2.33. The molecule has 0 aromatic heterocycles. The largest absolute Gasteiger partial charge is 0.455 e. The second-order valence-corrected chi connectivity index (χ2v) is 5.31. The second kappa shape index (κ2) is 6.29. The Labute approximate surface area is 123 Å². The smallest absolute Gasteiger partial charge is 0.149 e. The van der Waals surface area contributed by atoms with Crippen LogP contribution in [0.15, 0.2) is 42.5 Å². The summed E-state index contributed by atoms with van der Waals surface area (Å²) in [5.74, 6) is 1.30. The molecule has 0 aliphatic rings. The van der Waals surface area contributed by atoms with Crippen LogP contribution in [0.2, 0.25) is 10.0 Å². The fourth-order valence-electron chi connectivity index (χ4n) is 1.82. The van der Waals surface area contributed by atoms with E-state index in [-0.39, 0.29) is 6.04 Å². The predicted octanol–water partition coefficient (Wildman–Crippen LogP) is 4.68. The molecule has 0 bridgehead atoms. The molecule has 0 aliphatic heterocycles. The lowest BCUT2D eigenvalue weighted by atomic mass is 10.1. The lowest BCUT2D eigenvalue weighted by molar-refractivity contribution is 0.474. The van der Waals surface area contributed by atoms with Crippen LogP contribution in [-0.4, -0.2) is 6.04 Å². The monoisotopic (exact) mass is 295 g/mol. The van der Waals surface area contributed by atoms with E-state index in [4.69, 9.17) is 33.7 Å². The van der Waals surface area contributed by atoms with Crippen LogP contribution < -0.4 is 10.5 Å². The lowest BCUT2D eigenvalue weighted by Crippen LogP contribution is -2.18. The van der Waals surface area contributed by atoms with Crippen molar-refractivity contribution in [1.29, 1.82) is 0 Å². The van der Waals surface area contributed by atoms with E-state index in [0.717, 1.165) is 5.56 Å². The van der Waals surface area contributed by atoms with Gasteiger partial charge in [-0.15, -0.1) is 0 Å². The van der Waals surface area contributed by atoms with Gasteiger partial charge in [-0.3, -0.25) is 0 Å². The lowest BCUT2D eigenvalue weighted by Gasteiger charge is -2.14.